The second kappa shape index (κ2) is 3.65. The molecule has 0 saturated carbocycles. The van der Waals surface area contributed by atoms with Crippen molar-refractivity contribution in [3.05, 3.63) is 35.6 Å². The number of halogens is 1. The van der Waals surface area contributed by atoms with E-state index in [1.54, 1.807) is 25.1 Å². The molecular weight excluding hydrogens is 157 g/mol. The van der Waals surface area contributed by atoms with E-state index in [0.29, 0.717) is 5.56 Å². The molecule has 12 heavy (non-hydrogen) atoms. The second-order valence-corrected chi connectivity index (χ2v) is 2.77. The summed E-state index contributed by atoms with van der Waals surface area (Å²) in [6, 6.07) is 6.11. The molecule has 66 valence electrons. The maximum atomic E-state index is 13.1. The lowest BCUT2D eigenvalue weighted by Crippen LogP contribution is -2.18. The lowest BCUT2D eigenvalue weighted by atomic mass is 10.1. The fourth-order valence-corrected chi connectivity index (χ4v) is 1.02. The third kappa shape index (κ3) is 1.81. The Morgan fingerprint density at radius 3 is 2.50 bits per heavy atom. The van der Waals surface area contributed by atoms with Gasteiger partial charge in [-0.05, 0) is 13.0 Å². The van der Waals surface area contributed by atoms with Crippen LogP contribution in [0.2, 0.25) is 0 Å². The first kappa shape index (κ1) is 9.16. The van der Waals surface area contributed by atoms with Crippen LogP contribution in [0.15, 0.2) is 24.3 Å². The Morgan fingerprint density at radius 1 is 1.42 bits per heavy atom. The molecule has 1 rings (SSSR count). The minimum absolute atomic E-state index is 0.286. The largest absolute Gasteiger partial charge is 0.314 e. The normalized spacial score (nSPS) is 13.4. The van der Waals surface area contributed by atoms with Crippen molar-refractivity contribution in [3.8, 4) is 0 Å². The summed E-state index contributed by atoms with van der Waals surface area (Å²) in [4.78, 5) is 0. The highest BCUT2D eigenvalue weighted by atomic mass is 19.1. The summed E-state index contributed by atoms with van der Waals surface area (Å²) in [6.45, 7) is 1.73. The Hall–Kier alpha value is -0.930. The zero-order valence-electron chi connectivity index (χ0n) is 7.16. The smallest absolute Gasteiger partial charge is 0.128 e. The van der Waals surface area contributed by atoms with Crippen LogP contribution in [0.25, 0.3) is 0 Å². The van der Waals surface area contributed by atoms with Crippen LogP contribution in [0.4, 0.5) is 4.39 Å². The van der Waals surface area contributed by atoms with Crippen molar-refractivity contribution >= 4 is 0 Å². The molecule has 0 fully saturated rings. The molecule has 1 unspecified atom stereocenters. The third-order valence-corrected chi connectivity index (χ3v) is 1.92. The molecule has 0 radical (unpaired) electrons. The van der Waals surface area contributed by atoms with Gasteiger partial charge in [-0.25, -0.2) is 4.39 Å². The molecule has 0 amide bonds. The van der Waals surface area contributed by atoms with E-state index < -0.39 is 0 Å². The summed E-state index contributed by atoms with van der Waals surface area (Å²) < 4.78 is 13.1. The van der Waals surface area contributed by atoms with E-state index in [0.717, 1.165) is 5.06 Å². The molecule has 0 aliphatic carbocycles. The van der Waals surface area contributed by atoms with E-state index in [2.05, 4.69) is 0 Å². The first-order chi connectivity index (χ1) is 5.63. The molecule has 2 nitrogen and oxygen atoms in total. The van der Waals surface area contributed by atoms with Crippen LogP contribution in [-0.4, -0.2) is 17.3 Å². The van der Waals surface area contributed by atoms with Gasteiger partial charge in [0.25, 0.3) is 0 Å². The Labute approximate surface area is 71.2 Å². The number of hydrogen-bond donors (Lipinski definition) is 1. The van der Waals surface area contributed by atoms with Crippen LogP contribution >= 0.6 is 0 Å². The van der Waals surface area contributed by atoms with Gasteiger partial charge >= 0.3 is 0 Å². The average Bonchev–Trinajstić information content (AvgIpc) is 2.04. The predicted molar refractivity (Wildman–Crippen MR) is 44.4 cm³/mol. The summed E-state index contributed by atoms with van der Waals surface area (Å²) >= 11 is 0. The van der Waals surface area contributed by atoms with Crippen molar-refractivity contribution in [1.82, 2.24) is 5.06 Å². The average molecular weight is 169 g/mol. The fourth-order valence-electron chi connectivity index (χ4n) is 1.02. The fraction of sp³-hybridized carbons (Fsp3) is 0.333. The summed E-state index contributed by atoms with van der Waals surface area (Å²) in [5.74, 6) is -0.286. The Bertz CT molecular complexity index is 262. The number of hydroxylamine groups is 2. The summed E-state index contributed by atoms with van der Waals surface area (Å²) in [7, 11) is 1.50. The van der Waals surface area contributed by atoms with Crippen molar-refractivity contribution < 1.29 is 9.60 Å². The van der Waals surface area contributed by atoms with Gasteiger partial charge in [0.1, 0.15) is 5.82 Å². The van der Waals surface area contributed by atoms with Gasteiger partial charge < -0.3 is 5.21 Å². The van der Waals surface area contributed by atoms with E-state index in [1.165, 1.54) is 13.1 Å². The maximum Gasteiger partial charge on any atom is 0.128 e. The molecule has 1 aromatic carbocycles. The van der Waals surface area contributed by atoms with Gasteiger partial charge in [-0.2, -0.15) is 5.06 Å². The first-order valence-electron chi connectivity index (χ1n) is 3.79. The van der Waals surface area contributed by atoms with Crippen LogP contribution in [-0.2, 0) is 0 Å². The Kier molecular flexibility index (Phi) is 2.78. The van der Waals surface area contributed by atoms with Crippen LogP contribution < -0.4 is 0 Å². The Balaban J connectivity index is 2.94. The molecule has 3 heteroatoms. The molecule has 0 spiro atoms. The van der Waals surface area contributed by atoms with Crippen molar-refractivity contribution in [2.75, 3.05) is 7.05 Å². The Morgan fingerprint density at radius 2 is 2.00 bits per heavy atom. The molecule has 1 atom stereocenters. The van der Waals surface area contributed by atoms with E-state index in [-0.39, 0.29) is 11.9 Å². The van der Waals surface area contributed by atoms with Crippen LogP contribution in [0.3, 0.4) is 0 Å². The quantitative estimate of drug-likeness (QED) is 0.686. The highest BCUT2D eigenvalue weighted by Crippen LogP contribution is 2.19. The van der Waals surface area contributed by atoms with Gasteiger partial charge in [-0.1, -0.05) is 18.2 Å². The molecule has 0 saturated heterocycles. The zero-order valence-corrected chi connectivity index (χ0v) is 7.16. The molecule has 0 bridgehead atoms. The van der Waals surface area contributed by atoms with E-state index >= 15 is 0 Å². The van der Waals surface area contributed by atoms with Gasteiger partial charge in [0, 0.05) is 12.6 Å². The molecule has 1 N–H and O–H groups in total. The minimum Gasteiger partial charge on any atom is -0.314 e. The summed E-state index contributed by atoms with van der Waals surface area (Å²) in [5, 5.41) is 10.0. The highest BCUT2D eigenvalue weighted by Gasteiger charge is 2.12. The maximum absolute atomic E-state index is 13.1. The van der Waals surface area contributed by atoms with Crippen molar-refractivity contribution in [1.29, 1.82) is 0 Å². The van der Waals surface area contributed by atoms with Gasteiger partial charge in [-0.15, -0.1) is 0 Å². The van der Waals surface area contributed by atoms with Crippen LogP contribution in [0.5, 0.6) is 0 Å². The van der Waals surface area contributed by atoms with Crippen molar-refractivity contribution in [2.24, 2.45) is 0 Å². The molecule has 0 aliphatic heterocycles. The SMILES string of the molecule is CC(c1ccccc1F)N(C)O. The predicted octanol–water partition coefficient (Wildman–Crippen LogP) is 2.21. The highest BCUT2D eigenvalue weighted by molar-refractivity contribution is 5.20. The molecule has 0 aromatic heterocycles. The molecule has 1 aromatic rings. The van der Waals surface area contributed by atoms with Gasteiger partial charge in [0.05, 0.1) is 6.04 Å². The van der Waals surface area contributed by atoms with E-state index in [4.69, 9.17) is 5.21 Å². The molecule has 0 aliphatic rings. The topological polar surface area (TPSA) is 23.5 Å². The second-order valence-electron chi connectivity index (χ2n) is 2.77. The lowest BCUT2D eigenvalue weighted by Gasteiger charge is -2.18. The van der Waals surface area contributed by atoms with Gasteiger partial charge in [-0.3, -0.25) is 0 Å². The van der Waals surface area contributed by atoms with Crippen LogP contribution in [0, 0.1) is 5.82 Å². The summed E-state index contributed by atoms with van der Waals surface area (Å²) in [6.07, 6.45) is 0. The van der Waals surface area contributed by atoms with Crippen molar-refractivity contribution in [2.45, 2.75) is 13.0 Å². The minimum atomic E-state index is -0.314. The lowest BCUT2D eigenvalue weighted by molar-refractivity contribution is -0.0992. The number of benzene rings is 1. The zero-order chi connectivity index (χ0) is 9.14. The monoisotopic (exact) mass is 169 g/mol. The standard InChI is InChI=1S/C9H12FNO/c1-7(11(2)12)8-5-3-4-6-9(8)10/h3-7,12H,1-2H3. The number of nitrogens with zero attached hydrogens (tertiary/aromatic N) is 1. The van der Waals surface area contributed by atoms with Crippen molar-refractivity contribution in [3.63, 3.8) is 0 Å². The summed E-state index contributed by atoms with van der Waals surface area (Å²) in [5.41, 5.74) is 0.502. The van der Waals surface area contributed by atoms with E-state index in [9.17, 15) is 4.39 Å². The molecular formula is C9H12FNO. The number of hydrogen-bond acceptors (Lipinski definition) is 2. The number of rotatable bonds is 2. The van der Waals surface area contributed by atoms with Gasteiger partial charge in [0.2, 0.25) is 0 Å². The van der Waals surface area contributed by atoms with Gasteiger partial charge in [0.15, 0.2) is 0 Å². The van der Waals surface area contributed by atoms with E-state index in [1.807, 2.05) is 0 Å². The third-order valence-electron chi connectivity index (χ3n) is 1.92. The molecule has 0 heterocycles. The first-order valence-corrected chi connectivity index (χ1v) is 3.79. The van der Waals surface area contributed by atoms with Crippen LogP contribution in [0.1, 0.15) is 18.5 Å².